The molecule has 1 heterocycles. The van der Waals surface area contributed by atoms with E-state index in [9.17, 15) is 9.59 Å². The summed E-state index contributed by atoms with van der Waals surface area (Å²) in [5.41, 5.74) is 2.85. The molecule has 22 heavy (non-hydrogen) atoms. The van der Waals surface area contributed by atoms with E-state index in [0.717, 1.165) is 17.2 Å². The minimum atomic E-state index is -0.201. The molecule has 0 fully saturated rings. The molecule has 1 aromatic carbocycles. The molecular formula is C17H19N3O2. The summed E-state index contributed by atoms with van der Waals surface area (Å²) in [4.78, 5) is 32.1. The summed E-state index contributed by atoms with van der Waals surface area (Å²) in [6.07, 6.45) is 0.570. The fourth-order valence-corrected chi connectivity index (χ4v) is 2.18. The number of ketones is 1. The smallest absolute Gasteiger partial charge is 0.251 e. The monoisotopic (exact) mass is 297 g/mol. The molecule has 2 rings (SSSR count). The Morgan fingerprint density at radius 2 is 1.68 bits per heavy atom. The molecule has 0 spiro atoms. The summed E-state index contributed by atoms with van der Waals surface area (Å²) in [5.74, 6) is 0.459. The SMILES string of the molecule is CC(=O)c1cccc(C(=O)NCCc2nc(C)cc(C)n2)c1. The van der Waals surface area contributed by atoms with Crippen molar-refractivity contribution in [1.82, 2.24) is 15.3 Å². The first-order chi connectivity index (χ1) is 10.5. The van der Waals surface area contributed by atoms with Crippen LogP contribution in [0.1, 0.15) is 44.9 Å². The molecule has 1 amide bonds. The lowest BCUT2D eigenvalue weighted by Gasteiger charge is -2.07. The standard InChI is InChI=1S/C17H19N3O2/c1-11-9-12(2)20-16(19-11)7-8-18-17(22)15-6-4-5-14(10-15)13(3)21/h4-6,9-10H,7-8H2,1-3H3,(H,18,22). The summed E-state index contributed by atoms with van der Waals surface area (Å²) < 4.78 is 0. The lowest BCUT2D eigenvalue weighted by Crippen LogP contribution is -2.26. The molecule has 0 atom stereocenters. The zero-order valence-corrected chi connectivity index (χ0v) is 13.0. The highest BCUT2D eigenvalue weighted by Gasteiger charge is 2.08. The van der Waals surface area contributed by atoms with Gasteiger partial charge in [-0.05, 0) is 39.0 Å². The Morgan fingerprint density at radius 3 is 2.32 bits per heavy atom. The molecule has 0 saturated heterocycles. The van der Waals surface area contributed by atoms with E-state index in [1.54, 1.807) is 24.3 Å². The van der Waals surface area contributed by atoms with E-state index >= 15 is 0 Å². The van der Waals surface area contributed by atoms with Gasteiger partial charge < -0.3 is 5.32 Å². The zero-order valence-electron chi connectivity index (χ0n) is 13.0. The van der Waals surface area contributed by atoms with Gasteiger partial charge in [0.1, 0.15) is 5.82 Å². The second-order valence-corrected chi connectivity index (χ2v) is 5.21. The number of amides is 1. The van der Waals surface area contributed by atoms with E-state index in [4.69, 9.17) is 0 Å². The van der Waals surface area contributed by atoms with Gasteiger partial charge in [-0.1, -0.05) is 12.1 Å². The van der Waals surface area contributed by atoms with Crippen molar-refractivity contribution < 1.29 is 9.59 Å². The van der Waals surface area contributed by atoms with Crippen molar-refractivity contribution in [2.24, 2.45) is 0 Å². The fourth-order valence-electron chi connectivity index (χ4n) is 2.18. The van der Waals surface area contributed by atoms with E-state index in [-0.39, 0.29) is 11.7 Å². The van der Waals surface area contributed by atoms with Crippen LogP contribution in [0.5, 0.6) is 0 Å². The van der Waals surface area contributed by atoms with Gasteiger partial charge in [0.25, 0.3) is 5.91 Å². The quantitative estimate of drug-likeness (QED) is 0.859. The van der Waals surface area contributed by atoms with Crippen LogP contribution in [0.15, 0.2) is 30.3 Å². The highest BCUT2D eigenvalue weighted by atomic mass is 16.1. The summed E-state index contributed by atoms with van der Waals surface area (Å²) in [6.45, 7) is 5.77. The number of carbonyl (C=O) groups excluding carboxylic acids is 2. The molecule has 0 saturated carbocycles. The molecule has 0 aliphatic carbocycles. The Balaban J connectivity index is 1.95. The second kappa shape index (κ2) is 6.93. The number of nitrogens with zero attached hydrogens (tertiary/aromatic N) is 2. The number of rotatable bonds is 5. The second-order valence-electron chi connectivity index (χ2n) is 5.21. The molecule has 5 heteroatoms. The Bertz CT molecular complexity index is 691. The average Bonchev–Trinajstić information content (AvgIpc) is 2.46. The van der Waals surface area contributed by atoms with Crippen LogP contribution in [-0.4, -0.2) is 28.2 Å². The molecule has 0 aliphatic rings. The van der Waals surface area contributed by atoms with Crippen molar-refractivity contribution in [3.05, 3.63) is 58.7 Å². The molecule has 0 radical (unpaired) electrons. The van der Waals surface area contributed by atoms with Crippen LogP contribution >= 0.6 is 0 Å². The average molecular weight is 297 g/mol. The summed E-state index contributed by atoms with van der Waals surface area (Å²) in [7, 11) is 0. The molecule has 1 N–H and O–H groups in total. The van der Waals surface area contributed by atoms with Crippen molar-refractivity contribution in [1.29, 1.82) is 0 Å². The van der Waals surface area contributed by atoms with Crippen LogP contribution in [-0.2, 0) is 6.42 Å². The van der Waals surface area contributed by atoms with Crippen LogP contribution in [0, 0.1) is 13.8 Å². The number of carbonyl (C=O) groups is 2. The van der Waals surface area contributed by atoms with Crippen molar-refractivity contribution in [3.8, 4) is 0 Å². The van der Waals surface area contributed by atoms with Crippen LogP contribution in [0.25, 0.3) is 0 Å². The topological polar surface area (TPSA) is 72.0 Å². The lowest BCUT2D eigenvalue weighted by atomic mass is 10.1. The molecule has 0 unspecified atom stereocenters. The van der Waals surface area contributed by atoms with E-state index in [1.165, 1.54) is 6.92 Å². The van der Waals surface area contributed by atoms with Gasteiger partial charge in [-0.2, -0.15) is 0 Å². The van der Waals surface area contributed by atoms with E-state index in [2.05, 4.69) is 15.3 Å². The van der Waals surface area contributed by atoms with Crippen LogP contribution in [0.2, 0.25) is 0 Å². The number of hydrogen-bond acceptors (Lipinski definition) is 4. The van der Waals surface area contributed by atoms with Crippen LogP contribution < -0.4 is 5.32 Å². The third-order valence-electron chi connectivity index (χ3n) is 3.19. The van der Waals surface area contributed by atoms with Crippen molar-refractivity contribution in [3.63, 3.8) is 0 Å². The van der Waals surface area contributed by atoms with E-state index < -0.39 is 0 Å². The fraction of sp³-hybridized carbons (Fsp3) is 0.294. The third-order valence-corrected chi connectivity index (χ3v) is 3.19. The first-order valence-electron chi connectivity index (χ1n) is 7.16. The molecule has 0 bridgehead atoms. The molecule has 1 aromatic heterocycles. The van der Waals surface area contributed by atoms with Gasteiger partial charge in [0.15, 0.2) is 5.78 Å². The minimum Gasteiger partial charge on any atom is -0.352 e. The molecule has 0 aliphatic heterocycles. The number of aryl methyl sites for hydroxylation is 2. The van der Waals surface area contributed by atoms with Gasteiger partial charge in [0, 0.05) is 35.5 Å². The van der Waals surface area contributed by atoms with Gasteiger partial charge in [-0.15, -0.1) is 0 Å². The minimum absolute atomic E-state index is 0.0571. The number of nitrogens with one attached hydrogen (secondary N) is 1. The maximum atomic E-state index is 12.1. The van der Waals surface area contributed by atoms with Crippen molar-refractivity contribution in [2.75, 3.05) is 6.54 Å². The Kier molecular flexibility index (Phi) is 4.99. The Labute approximate surface area is 129 Å². The Morgan fingerprint density at radius 1 is 1.05 bits per heavy atom. The number of hydrogen-bond donors (Lipinski definition) is 1. The maximum Gasteiger partial charge on any atom is 0.251 e. The Hall–Kier alpha value is -2.56. The maximum absolute atomic E-state index is 12.1. The molecule has 5 nitrogen and oxygen atoms in total. The van der Waals surface area contributed by atoms with Gasteiger partial charge >= 0.3 is 0 Å². The van der Waals surface area contributed by atoms with Gasteiger partial charge in [0.05, 0.1) is 0 Å². The molecular weight excluding hydrogens is 278 g/mol. The van der Waals surface area contributed by atoms with Crippen molar-refractivity contribution >= 4 is 11.7 Å². The summed E-state index contributed by atoms with van der Waals surface area (Å²) in [5, 5.41) is 2.82. The van der Waals surface area contributed by atoms with Gasteiger partial charge in [-0.3, -0.25) is 9.59 Å². The lowest BCUT2D eigenvalue weighted by molar-refractivity contribution is 0.0954. The van der Waals surface area contributed by atoms with Crippen LogP contribution in [0.3, 0.4) is 0 Å². The number of aromatic nitrogens is 2. The van der Waals surface area contributed by atoms with E-state index in [1.807, 2.05) is 19.9 Å². The highest BCUT2D eigenvalue weighted by molar-refractivity contribution is 5.99. The van der Waals surface area contributed by atoms with E-state index in [0.29, 0.717) is 24.1 Å². The van der Waals surface area contributed by atoms with Gasteiger partial charge in [0.2, 0.25) is 0 Å². The number of Topliss-reactive ketones (excluding diaryl/α,β-unsaturated/α-hetero) is 1. The predicted molar refractivity (Wildman–Crippen MR) is 84.0 cm³/mol. The zero-order chi connectivity index (χ0) is 16.1. The van der Waals surface area contributed by atoms with Crippen LogP contribution in [0.4, 0.5) is 0 Å². The molecule has 2 aromatic rings. The van der Waals surface area contributed by atoms with Gasteiger partial charge in [-0.25, -0.2) is 9.97 Å². The largest absolute Gasteiger partial charge is 0.352 e. The summed E-state index contributed by atoms with van der Waals surface area (Å²) in [6, 6.07) is 8.61. The normalized spacial score (nSPS) is 10.3. The first-order valence-corrected chi connectivity index (χ1v) is 7.16. The molecule has 114 valence electrons. The first kappa shape index (κ1) is 15.8. The van der Waals surface area contributed by atoms with Crippen molar-refractivity contribution in [2.45, 2.75) is 27.2 Å². The third kappa shape index (κ3) is 4.22. The predicted octanol–water partition coefficient (Wildman–Crippen LogP) is 2.27. The summed E-state index contributed by atoms with van der Waals surface area (Å²) >= 11 is 0. The number of benzene rings is 1. The highest BCUT2D eigenvalue weighted by Crippen LogP contribution is 2.06.